The van der Waals surface area contributed by atoms with Crippen molar-refractivity contribution in [3.05, 3.63) is 0 Å². The van der Waals surface area contributed by atoms with Gasteiger partial charge in [-0.25, -0.2) is 0 Å². The minimum Gasteiger partial charge on any atom is -0.392 e. The van der Waals surface area contributed by atoms with E-state index in [1.54, 1.807) is 0 Å². The summed E-state index contributed by atoms with van der Waals surface area (Å²) in [6.07, 6.45) is 1.17. The highest BCUT2D eigenvalue weighted by Crippen LogP contribution is 2.30. The van der Waals surface area contributed by atoms with Crippen molar-refractivity contribution in [2.45, 2.75) is 66.6 Å². The van der Waals surface area contributed by atoms with Crippen LogP contribution in [0.2, 0.25) is 0 Å². The molecule has 110 valence electrons. The molecule has 0 aromatic carbocycles. The van der Waals surface area contributed by atoms with E-state index in [-0.39, 0.29) is 17.6 Å². The summed E-state index contributed by atoms with van der Waals surface area (Å²) in [5.41, 5.74) is -0.0941. The number of aliphatic hydroxyl groups excluding tert-OH is 2. The van der Waals surface area contributed by atoms with Crippen molar-refractivity contribution in [3.8, 4) is 0 Å². The van der Waals surface area contributed by atoms with Crippen molar-refractivity contribution in [1.29, 1.82) is 0 Å². The lowest BCUT2D eigenvalue weighted by Gasteiger charge is -2.38. The first-order valence-electron chi connectivity index (χ1n) is 7.34. The van der Waals surface area contributed by atoms with Crippen LogP contribution in [0, 0.1) is 11.3 Å². The van der Waals surface area contributed by atoms with Gasteiger partial charge in [0, 0.05) is 13.1 Å². The molecule has 2 N–H and O–H groups in total. The van der Waals surface area contributed by atoms with Crippen LogP contribution in [0.4, 0.5) is 0 Å². The lowest BCUT2D eigenvalue weighted by molar-refractivity contribution is -0.0164. The van der Waals surface area contributed by atoms with Gasteiger partial charge in [-0.15, -0.1) is 0 Å². The molecular weight excluding hydrogens is 226 g/mol. The first-order chi connectivity index (χ1) is 8.25. The third-order valence-electron chi connectivity index (χ3n) is 4.26. The molecule has 0 aromatic heterocycles. The van der Waals surface area contributed by atoms with Crippen LogP contribution in [-0.2, 0) is 0 Å². The van der Waals surface area contributed by atoms with E-state index in [2.05, 4.69) is 39.5 Å². The lowest BCUT2D eigenvalue weighted by Crippen LogP contribution is -2.45. The molecule has 0 rings (SSSR count). The molecule has 0 amide bonds. The van der Waals surface area contributed by atoms with Gasteiger partial charge >= 0.3 is 0 Å². The fraction of sp³-hybridized carbons (Fsp3) is 1.00. The Labute approximate surface area is 113 Å². The Morgan fingerprint density at radius 3 is 2.00 bits per heavy atom. The average molecular weight is 259 g/mol. The van der Waals surface area contributed by atoms with Gasteiger partial charge in [0.2, 0.25) is 0 Å². The number of hydrogen-bond donors (Lipinski definition) is 2. The van der Waals surface area contributed by atoms with Crippen LogP contribution in [-0.4, -0.2) is 47.0 Å². The molecule has 0 aliphatic carbocycles. The second-order valence-electron chi connectivity index (χ2n) is 6.31. The molecule has 0 saturated heterocycles. The Hall–Kier alpha value is -0.120. The van der Waals surface area contributed by atoms with Crippen LogP contribution in [0.3, 0.4) is 0 Å². The molecule has 0 aliphatic heterocycles. The number of aliphatic hydroxyl groups is 2. The van der Waals surface area contributed by atoms with Gasteiger partial charge in [-0.05, 0) is 30.7 Å². The van der Waals surface area contributed by atoms with Gasteiger partial charge in [-0.2, -0.15) is 0 Å². The van der Waals surface area contributed by atoms with E-state index in [1.807, 2.05) is 6.92 Å². The Morgan fingerprint density at radius 2 is 1.61 bits per heavy atom. The highest BCUT2D eigenvalue weighted by atomic mass is 16.3. The quantitative estimate of drug-likeness (QED) is 0.669. The zero-order valence-corrected chi connectivity index (χ0v) is 13.1. The summed E-state index contributed by atoms with van der Waals surface area (Å²) in [5.74, 6) is 0.437. The van der Waals surface area contributed by atoms with Crippen LogP contribution in [0.5, 0.6) is 0 Å². The van der Waals surface area contributed by atoms with Crippen molar-refractivity contribution in [2.75, 3.05) is 19.6 Å². The van der Waals surface area contributed by atoms with E-state index in [0.717, 1.165) is 19.4 Å². The molecule has 0 fully saturated rings. The number of hydrogen-bond acceptors (Lipinski definition) is 3. The molecule has 0 spiro atoms. The van der Waals surface area contributed by atoms with Crippen LogP contribution >= 0.6 is 0 Å². The minimum atomic E-state index is -0.354. The van der Waals surface area contributed by atoms with Crippen molar-refractivity contribution < 1.29 is 10.2 Å². The third-order valence-corrected chi connectivity index (χ3v) is 4.26. The van der Waals surface area contributed by atoms with E-state index in [0.29, 0.717) is 19.0 Å². The monoisotopic (exact) mass is 259 g/mol. The molecule has 0 aliphatic rings. The topological polar surface area (TPSA) is 43.7 Å². The van der Waals surface area contributed by atoms with Gasteiger partial charge in [-0.1, -0.05) is 41.5 Å². The second kappa shape index (κ2) is 8.13. The highest BCUT2D eigenvalue weighted by molar-refractivity contribution is 4.83. The van der Waals surface area contributed by atoms with Gasteiger partial charge in [-0.3, -0.25) is 4.90 Å². The molecule has 3 nitrogen and oxygen atoms in total. The fourth-order valence-electron chi connectivity index (χ4n) is 1.87. The maximum atomic E-state index is 10.4. The molecule has 2 atom stereocenters. The van der Waals surface area contributed by atoms with Crippen LogP contribution in [0.15, 0.2) is 0 Å². The van der Waals surface area contributed by atoms with Gasteiger partial charge in [0.1, 0.15) is 0 Å². The van der Waals surface area contributed by atoms with Gasteiger partial charge in [0.25, 0.3) is 0 Å². The summed E-state index contributed by atoms with van der Waals surface area (Å²) in [6, 6.07) is 0. The van der Waals surface area contributed by atoms with Crippen molar-refractivity contribution in [2.24, 2.45) is 11.3 Å². The second-order valence-corrected chi connectivity index (χ2v) is 6.31. The van der Waals surface area contributed by atoms with Crippen molar-refractivity contribution in [3.63, 3.8) is 0 Å². The highest BCUT2D eigenvalue weighted by Gasteiger charge is 2.32. The molecule has 0 saturated carbocycles. The first-order valence-corrected chi connectivity index (χ1v) is 7.34. The summed E-state index contributed by atoms with van der Waals surface area (Å²) >= 11 is 0. The molecule has 0 aromatic rings. The normalized spacial score (nSPS) is 16.3. The average Bonchev–Trinajstić information content (AvgIpc) is 2.28. The van der Waals surface area contributed by atoms with Crippen LogP contribution in [0.1, 0.15) is 54.4 Å². The fourth-order valence-corrected chi connectivity index (χ4v) is 1.87. The summed E-state index contributed by atoms with van der Waals surface area (Å²) in [6.45, 7) is 14.9. The SMILES string of the molecule is CCCN(CC(O)CC)CC(O)C(C)(C)C(C)C. The van der Waals surface area contributed by atoms with Gasteiger partial charge in [0.05, 0.1) is 12.2 Å². The summed E-state index contributed by atoms with van der Waals surface area (Å²) < 4.78 is 0. The number of rotatable bonds is 9. The van der Waals surface area contributed by atoms with E-state index >= 15 is 0 Å². The maximum Gasteiger partial charge on any atom is 0.0720 e. The first kappa shape index (κ1) is 17.9. The van der Waals surface area contributed by atoms with Crippen LogP contribution in [0.25, 0.3) is 0 Å². The Bertz CT molecular complexity index is 217. The summed E-state index contributed by atoms with van der Waals surface area (Å²) in [4.78, 5) is 2.18. The van der Waals surface area contributed by atoms with Crippen molar-refractivity contribution >= 4 is 0 Å². The zero-order chi connectivity index (χ0) is 14.3. The largest absolute Gasteiger partial charge is 0.392 e. The molecule has 2 unspecified atom stereocenters. The maximum absolute atomic E-state index is 10.4. The van der Waals surface area contributed by atoms with Crippen molar-refractivity contribution in [1.82, 2.24) is 4.90 Å². The molecule has 18 heavy (non-hydrogen) atoms. The van der Waals surface area contributed by atoms with Gasteiger partial charge in [0.15, 0.2) is 0 Å². The molecular formula is C15H33NO2. The summed E-state index contributed by atoms with van der Waals surface area (Å²) in [5, 5.41) is 20.2. The van der Waals surface area contributed by atoms with E-state index in [1.165, 1.54) is 0 Å². The predicted octanol–water partition coefficient (Wildman–Crippen LogP) is 2.51. The summed E-state index contributed by atoms with van der Waals surface area (Å²) in [7, 11) is 0. The molecule has 0 radical (unpaired) electrons. The Balaban J connectivity index is 4.48. The van der Waals surface area contributed by atoms with E-state index < -0.39 is 0 Å². The van der Waals surface area contributed by atoms with E-state index in [4.69, 9.17) is 0 Å². The standard InChI is InChI=1S/C15H33NO2/c1-7-9-16(10-13(17)8-2)11-14(18)15(5,6)12(3)4/h12-14,17-18H,7-11H2,1-6H3. The zero-order valence-electron chi connectivity index (χ0n) is 13.1. The number of nitrogens with zero attached hydrogens (tertiary/aromatic N) is 1. The Morgan fingerprint density at radius 1 is 1.06 bits per heavy atom. The predicted molar refractivity (Wildman–Crippen MR) is 77.7 cm³/mol. The van der Waals surface area contributed by atoms with Gasteiger partial charge < -0.3 is 10.2 Å². The molecule has 0 heterocycles. The molecule has 0 bridgehead atoms. The minimum absolute atomic E-state index is 0.0941. The molecule has 3 heteroatoms. The lowest BCUT2D eigenvalue weighted by atomic mass is 9.76. The third kappa shape index (κ3) is 5.68. The Kier molecular flexibility index (Phi) is 8.08. The smallest absolute Gasteiger partial charge is 0.0720 e. The van der Waals surface area contributed by atoms with E-state index in [9.17, 15) is 10.2 Å². The van der Waals surface area contributed by atoms with Crippen LogP contribution < -0.4 is 0 Å².